The third-order valence-corrected chi connectivity index (χ3v) is 6.68. The molecule has 2 saturated carbocycles. The van der Waals surface area contributed by atoms with Crippen LogP contribution in [0.4, 0.5) is 5.69 Å². The molecule has 1 atom stereocenters. The third-order valence-electron chi connectivity index (χ3n) is 6.68. The lowest BCUT2D eigenvalue weighted by Gasteiger charge is -2.40. The lowest BCUT2D eigenvalue weighted by Crippen LogP contribution is -2.58. The number of carbonyl (C=O) groups excluding carboxylic acids is 2. The predicted molar refractivity (Wildman–Crippen MR) is 112 cm³/mol. The van der Waals surface area contributed by atoms with Crippen LogP contribution in [0.2, 0.25) is 0 Å². The van der Waals surface area contributed by atoms with E-state index >= 15 is 0 Å². The highest BCUT2D eigenvalue weighted by Crippen LogP contribution is 2.32. The van der Waals surface area contributed by atoms with E-state index in [2.05, 4.69) is 10.2 Å². The Kier molecular flexibility index (Phi) is 6.32. The summed E-state index contributed by atoms with van der Waals surface area (Å²) in [5, 5.41) is 14.2. The van der Waals surface area contributed by atoms with Gasteiger partial charge in [0.1, 0.15) is 0 Å². The Bertz CT molecular complexity index is 796. The molecule has 0 bridgehead atoms. The van der Waals surface area contributed by atoms with Gasteiger partial charge in [0.2, 0.25) is 5.91 Å². The van der Waals surface area contributed by atoms with Gasteiger partial charge in [0.15, 0.2) is 0 Å². The zero-order valence-electron chi connectivity index (χ0n) is 17.3. The van der Waals surface area contributed by atoms with E-state index in [1.165, 1.54) is 37.8 Å². The quantitative estimate of drug-likeness (QED) is 0.546. The number of nitrogens with one attached hydrogen (secondary N) is 1. The third kappa shape index (κ3) is 4.80. The minimum Gasteiger partial charge on any atom is -0.354 e. The highest BCUT2D eigenvalue weighted by molar-refractivity contribution is 5.95. The largest absolute Gasteiger partial charge is 0.354 e. The van der Waals surface area contributed by atoms with Crippen molar-refractivity contribution in [3.63, 3.8) is 0 Å². The Morgan fingerprint density at radius 3 is 2.43 bits per heavy atom. The molecule has 8 nitrogen and oxygen atoms in total. The summed E-state index contributed by atoms with van der Waals surface area (Å²) in [6, 6.07) is 5.78. The summed E-state index contributed by atoms with van der Waals surface area (Å²) >= 11 is 0. The molecule has 8 heteroatoms. The zero-order chi connectivity index (χ0) is 21.1. The van der Waals surface area contributed by atoms with E-state index in [9.17, 15) is 19.7 Å². The van der Waals surface area contributed by atoms with Crippen LogP contribution in [-0.2, 0) is 4.79 Å². The van der Waals surface area contributed by atoms with Crippen molar-refractivity contribution in [3.05, 3.63) is 39.9 Å². The van der Waals surface area contributed by atoms with Gasteiger partial charge in [0.05, 0.1) is 11.0 Å². The SMILES string of the molecule is O=C(NCC1CC1)C(C1CCCC1)N1CCN(C(=O)c2cccc([N+](=O)[O-])c2)CC1. The van der Waals surface area contributed by atoms with Gasteiger partial charge in [0.25, 0.3) is 11.6 Å². The zero-order valence-corrected chi connectivity index (χ0v) is 17.3. The summed E-state index contributed by atoms with van der Waals surface area (Å²) in [7, 11) is 0. The van der Waals surface area contributed by atoms with E-state index in [1.54, 1.807) is 17.0 Å². The van der Waals surface area contributed by atoms with Crippen molar-refractivity contribution in [1.82, 2.24) is 15.1 Å². The minimum atomic E-state index is -0.485. The number of hydrogen-bond donors (Lipinski definition) is 1. The van der Waals surface area contributed by atoms with Gasteiger partial charge in [-0.3, -0.25) is 24.6 Å². The Morgan fingerprint density at radius 1 is 1.10 bits per heavy atom. The Balaban J connectivity index is 1.38. The topological polar surface area (TPSA) is 95.8 Å². The van der Waals surface area contributed by atoms with Crippen molar-refractivity contribution in [2.24, 2.45) is 11.8 Å². The second kappa shape index (κ2) is 9.12. The summed E-state index contributed by atoms with van der Waals surface area (Å²) in [4.78, 5) is 40.3. The summed E-state index contributed by atoms with van der Waals surface area (Å²) in [6.45, 7) is 3.14. The number of hydrogen-bond acceptors (Lipinski definition) is 5. The van der Waals surface area contributed by atoms with Crippen molar-refractivity contribution < 1.29 is 14.5 Å². The fourth-order valence-corrected chi connectivity index (χ4v) is 4.76. The molecule has 3 fully saturated rings. The average molecular weight is 415 g/mol. The number of carbonyl (C=O) groups is 2. The van der Waals surface area contributed by atoms with Gasteiger partial charge in [-0.2, -0.15) is 0 Å². The van der Waals surface area contributed by atoms with Crippen LogP contribution in [0.25, 0.3) is 0 Å². The standard InChI is InChI=1S/C22H30N4O4/c27-21(23-15-16-8-9-16)20(17-4-1-2-5-17)24-10-12-25(13-11-24)22(28)18-6-3-7-19(14-18)26(29)30/h3,6-7,14,16-17,20H,1-2,4-5,8-13,15H2,(H,23,27). The van der Waals surface area contributed by atoms with Crippen LogP contribution in [0.3, 0.4) is 0 Å². The molecule has 1 aliphatic heterocycles. The van der Waals surface area contributed by atoms with E-state index < -0.39 is 4.92 Å². The van der Waals surface area contributed by atoms with Gasteiger partial charge in [-0.1, -0.05) is 18.9 Å². The summed E-state index contributed by atoms with van der Waals surface area (Å²) < 4.78 is 0. The van der Waals surface area contributed by atoms with E-state index in [0.29, 0.717) is 43.6 Å². The Morgan fingerprint density at radius 2 is 1.80 bits per heavy atom. The highest BCUT2D eigenvalue weighted by atomic mass is 16.6. The molecule has 3 aliphatic rings. The molecule has 2 aliphatic carbocycles. The number of rotatable bonds is 7. The first-order valence-corrected chi connectivity index (χ1v) is 11.1. The molecule has 2 amide bonds. The normalized spacial score (nSPS) is 21.4. The van der Waals surface area contributed by atoms with Crippen LogP contribution in [0.15, 0.2) is 24.3 Å². The summed E-state index contributed by atoms with van der Waals surface area (Å²) in [5.74, 6) is 1.01. The number of piperazine rings is 1. The number of nitro groups is 1. The van der Waals surface area contributed by atoms with E-state index in [-0.39, 0.29) is 23.5 Å². The molecule has 0 radical (unpaired) electrons. The van der Waals surface area contributed by atoms with Crippen molar-refractivity contribution >= 4 is 17.5 Å². The molecule has 0 spiro atoms. The fourth-order valence-electron chi connectivity index (χ4n) is 4.76. The molecule has 0 aromatic heterocycles. The maximum atomic E-state index is 13.0. The molecule has 1 saturated heterocycles. The molecular weight excluding hydrogens is 384 g/mol. The smallest absolute Gasteiger partial charge is 0.270 e. The number of nitro benzene ring substituents is 1. The first-order chi connectivity index (χ1) is 14.5. The van der Waals surface area contributed by atoms with E-state index in [1.807, 2.05) is 0 Å². The molecular formula is C22H30N4O4. The van der Waals surface area contributed by atoms with Crippen molar-refractivity contribution in [1.29, 1.82) is 0 Å². The average Bonchev–Trinajstić information content (AvgIpc) is 3.45. The van der Waals surface area contributed by atoms with Gasteiger partial charge in [-0.05, 0) is 43.6 Å². The molecule has 1 aromatic carbocycles. The van der Waals surface area contributed by atoms with Crippen LogP contribution < -0.4 is 5.32 Å². The lowest BCUT2D eigenvalue weighted by molar-refractivity contribution is -0.384. The van der Waals surface area contributed by atoms with Crippen LogP contribution in [0.1, 0.15) is 48.9 Å². The first kappa shape index (κ1) is 20.8. The number of nitrogens with zero attached hydrogens (tertiary/aromatic N) is 3. The van der Waals surface area contributed by atoms with Crippen LogP contribution in [-0.4, -0.2) is 65.3 Å². The van der Waals surface area contributed by atoms with Crippen LogP contribution >= 0.6 is 0 Å². The monoisotopic (exact) mass is 414 g/mol. The Hall–Kier alpha value is -2.48. The summed E-state index contributed by atoms with van der Waals surface area (Å²) in [5.41, 5.74) is 0.264. The minimum absolute atomic E-state index is 0.0758. The maximum absolute atomic E-state index is 13.0. The molecule has 1 heterocycles. The number of non-ortho nitro benzene ring substituents is 1. The lowest BCUT2D eigenvalue weighted by atomic mass is 9.95. The second-order valence-corrected chi connectivity index (χ2v) is 8.81. The summed E-state index contributed by atoms with van der Waals surface area (Å²) in [6.07, 6.45) is 6.98. The van der Waals surface area contributed by atoms with E-state index in [0.717, 1.165) is 19.4 Å². The van der Waals surface area contributed by atoms with Crippen LogP contribution in [0, 0.1) is 22.0 Å². The molecule has 1 aromatic rings. The predicted octanol–water partition coefficient (Wildman–Crippen LogP) is 2.44. The van der Waals surface area contributed by atoms with Crippen LogP contribution in [0.5, 0.6) is 0 Å². The highest BCUT2D eigenvalue weighted by Gasteiger charge is 2.38. The molecule has 1 unspecified atom stereocenters. The Labute approximate surface area is 176 Å². The van der Waals surface area contributed by atoms with E-state index in [4.69, 9.17) is 0 Å². The van der Waals surface area contributed by atoms with Gasteiger partial charge in [0, 0.05) is 50.4 Å². The molecule has 4 rings (SSSR count). The van der Waals surface area contributed by atoms with Gasteiger partial charge in [-0.15, -0.1) is 0 Å². The number of amides is 2. The fraction of sp³-hybridized carbons (Fsp3) is 0.636. The number of benzene rings is 1. The molecule has 162 valence electrons. The first-order valence-electron chi connectivity index (χ1n) is 11.1. The second-order valence-electron chi connectivity index (χ2n) is 8.81. The molecule has 1 N–H and O–H groups in total. The van der Waals surface area contributed by atoms with Gasteiger partial charge < -0.3 is 10.2 Å². The maximum Gasteiger partial charge on any atom is 0.270 e. The molecule has 30 heavy (non-hydrogen) atoms. The van der Waals surface area contributed by atoms with Crippen molar-refractivity contribution in [3.8, 4) is 0 Å². The van der Waals surface area contributed by atoms with Crippen molar-refractivity contribution in [2.75, 3.05) is 32.7 Å². The van der Waals surface area contributed by atoms with Gasteiger partial charge in [-0.25, -0.2) is 0 Å². The van der Waals surface area contributed by atoms with Gasteiger partial charge >= 0.3 is 0 Å². The van der Waals surface area contributed by atoms with Crippen molar-refractivity contribution in [2.45, 2.75) is 44.6 Å².